The molecule has 6 N–H and O–H groups in total. The van der Waals surface area contributed by atoms with Gasteiger partial charge in [-0.2, -0.15) is 0 Å². The van der Waals surface area contributed by atoms with E-state index in [2.05, 4.69) is 9.46 Å². The maximum Gasteiger partial charge on any atom is 0.381 e. The predicted octanol–water partition coefficient (Wildman–Crippen LogP) is 0.408. The van der Waals surface area contributed by atoms with Crippen LogP contribution in [0.3, 0.4) is 0 Å². The van der Waals surface area contributed by atoms with Crippen molar-refractivity contribution in [1.82, 2.24) is 0 Å². The van der Waals surface area contributed by atoms with Gasteiger partial charge in [-0.3, -0.25) is 13.9 Å². The summed E-state index contributed by atoms with van der Waals surface area (Å²) in [5, 5.41) is -1.36. The molecule has 0 aliphatic heterocycles. The van der Waals surface area contributed by atoms with Crippen molar-refractivity contribution >= 4 is 7.60 Å². The number of hydrogen-bond acceptors (Lipinski definition) is 7. The molecule has 0 bridgehead atoms. The van der Waals surface area contributed by atoms with Gasteiger partial charge < -0.3 is 5.73 Å². The highest BCUT2D eigenvalue weighted by atomic mass is 31.2. The zero-order chi connectivity index (χ0) is 11.6. The second-order valence-electron chi connectivity index (χ2n) is 3.86. The lowest BCUT2D eigenvalue weighted by Gasteiger charge is -2.33. The monoisotopic (exact) mass is 227 g/mol. The lowest BCUT2D eigenvalue weighted by molar-refractivity contribution is -0.00986. The van der Waals surface area contributed by atoms with Crippen LogP contribution in [-0.2, 0) is 18.6 Å². The van der Waals surface area contributed by atoms with Gasteiger partial charge in [0.15, 0.2) is 5.34 Å². The van der Waals surface area contributed by atoms with Gasteiger partial charge in [0.25, 0.3) is 0 Å². The maximum atomic E-state index is 12.0. The average molecular weight is 227 g/mol. The molecule has 0 aliphatic carbocycles. The summed E-state index contributed by atoms with van der Waals surface area (Å²) in [6.45, 7) is 5.86. The smallest absolute Gasteiger partial charge is 0.304 e. The van der Waals surface area contributed by atoms with E-state index in [9.17, 15) is 4.57 Å². The van der Waals surface area contributed by atoms with Crippen molar-refractivity contribution in [2.24, 2.45) is 17.5 Å². The fourth-order valence-corrected chi connectivity index (χ4v) is 1.90. The van der Waals surface area contributed by atoms with Crippen LogP contribution in [0.5, 0.6) is 0 Å². The molecule has 8 heteroatoms. The fraction of sp³-hybridized carbons (Fsp3) is 1.00. The van der Waals surface area contributed by atoms with Crippen LogP contribution in [0.2, 0.25) is 0 Å². The molecule has 0 saturated heterocycles. The van der Waals surface area contributed by atoms with E-state index in [1.165, 1.54) is 27.7 Å². The minimum atomic E-state index is -3.72. The zero-order valence-corrected chi connectivity index (χ0v) is 9.71. The quantitative estimate of drug-likeness (QED) is 0.353. The summed E-state index contributed by atoms with van der Waals surface area (Å²) in [6.07, 6.45) is 0. The second kappa shape index (κ2) is 4.24. The molecule has 14 heavy (non-hydrogen) atoms. The van der Waals surface area contributed by atoms with Crippen molar-refractivity contribution < 1.29 is 18.6 Å². The Kier molecular flexibility index (Phi) is 4.24. The summed E-state index contributed by atoms with van der Waals surface area (Å²) >= 11 is 0. The summed E-state index contributed by atoms with van der Waals surface area (Å²) in [5.41, 5.74) is 4.36. The van der Waals surface area contributed by atoms with Gasteiger partial charge in [0.05, 0.1) is 0 Å². The molecule has 0 amide bonds. The van der Waals surface area contributed by atoms with Crippen molar-refractivity contribution in [1.29, 1.82) is 0 Å². The molecule has 0 saturated carbocycles. The van der Waals surface area contributed by atoms with Gasteiger partial charge in [0.2, 0.25) is 0 Å². The van der Waals surface area contributed by atoms with Crippen molar-refractivity contribution in [3.63, 3.8) is 0 Å². The number of rotatable bonds is 5. The zero-order valence-electron chi connectivity index (χ0n) is 8.81. The molecule has 0 fully saturated rings. The molecule has 0 radical (unpaired) electrons. The summed E-state index contributed by atoms with van der Waals surface area (Å²) in [5.74, 6) is 9.85. The third kappa shape index (κ3) is 3.29. The summed E-state index contributed by atoms with van der Waals surface area (Å²) in [4.78, 5) is 4.49. The fourth-order valence-electron chi connectivity index (χ4n) is 0.633. The van der Waals surface area contributed by atoms with E-state index in [-0.39, 0.29) is 0 Å². The second-order valence-corrected chi connectivity index (χ2v) is 6.33. The molecule has 1 unspecified atom stereocenters. The third-order valence-corrected chi connectivity index (χ3v) is 3.86. The third-order valence-electron chi connectivity index (χ3n) is 1.44. The predicted molar refractivity (Wildman–Crippen MR) is 51.6 cm³/mol. The van der Waals surface area contributed by atoms with E-state index in [1.807, 2.05) is 0 Å². The van der Waals surface area contributed by atoms with Crippen LogP contribution in [0, 0.1) is 0 Å². The first-order valence-electron chi connectivity index (χ1n) is 3.94. The van der Waals surface area contributed by atoms with Gasteiger partial charge in [-0.05, 0) is 27.7 Å². The van der Waals surface area contributed by atoms with Gasteiger partial charge in [0, 0.05) is 0 Å². The van der Waals surface area contributed by atoms with E-state index in [4.69, 9.17) is 22.1 Å². The highest BCUT2D eigenvalue weighted by Gasteiger charge is 2.47. The van der Waals surface area contributed by atoms with E-state index in [0.717, 1.165) is 0 Å². The van der Waals surface area contributed by atoms with Crippen molar-refractivity contribution in [3.05, 3.63) is 0 Å². The highest BCUT2D eigenvalue weighted by molar-refractivity contribution is 7.55. The van der Waals surface area contributed by atoms with E-state index >= 15 is 0 Å². The van der Waals surface area contributed by atoms with E-state index in [0.29, 0.717) is 0 Å². The Morgan fingerprint density at radius 1 is 1.14 bits per heavy atom. The molecular formula is C6H18N3O4P. The Morgan fingerprint density at radius 3 is 1.79 bits per heavy atom. The molecule has 0 aromatic heterocycles. The van der Waals surface area contributed by atoms with Gasteiger partial charge in [-0.25, -0.2) is 16.4 Å². The molecule has 86 valence electrons. The molecule has 0 aliphatic rings. The van der Waals surface area contributed by atoms with E-state index in [1.54, 1.807) is 0 Å². The highest BCUT2D eigenvalue weighted by Crippen LogP contribution is 2.60. The first kappa shape index (κ1) is 14.0. The van der Waals surface area contributed by atoms with Crippen LogP contribution in [-0.4, -0.2) is 11.1 Å². The minimum absolute atomic E-state index is 1.16. The largest absolute Gasteiger partial charge is 0.381 e. The maximum absolute atomic E-state index is 12.0. The molecular weight excluding hydrogens is 209 g/mol. The first-order chi connectivity index (χ1) is 6.08. The van der Waals surface area contributed by atoms with Crippen LogP contribution in [0.25, 0.3) is 0 Å². The SMILES string of the molecule is CC(C)(N)OP(=O)(ON)C(C)(C)ON. The molecule has 0 aromatic rings. The minimum Gasteiger partial charge on any atom is -0.304 e. The summed E-state index contributed by atoms with van der Waals surface area (Å²) in [6, 6.07) is 0. The van der Waals surface area contributed by atoms with Gasteiger partial charge in [-0.1, -0.05) is 0 Å². The summed E-state index contributed by atoms with van der Waals surface area (Å²) in [7, 11) is -3.72. The van der Waals surface area contributed by atoms with E-state index < -0.39 is 18.7 Å². The summed E-state index contributed by atoms with van der Waals surface area (Å²) < 4.78 is 21.3. The van der Waals surface area contributed by atoms with Crippen molar-refractivity contribution in [2.45, 2.75) is 38.8 Å². The Labute approximate surface area is 83.3 Å². The van der Waals surface area contributed by atoms with Crippen LogP contribution >= 0.6 is 7.60 Å². The lowest BCUT2D eigenvalue weighted by atomic mass is 10.4. The van der Waals surface area contributed by atoms with Crippen LogP contribution in [0.4, 0.5) is 0 Å². The number of hydrogen-bond donors (Lipinski definition) is 3. The standard InChI is InChI=1S/C6H18N3O4P/c1-5(2,7)12-14(10,13-9)6(3,4)11-8/h7-9H2,1-4H3. The Bertz CT molecular complexity index is 238. The van der Waals surface area contributed by atoms with Crippen LogP contribution in [0.1, 0.15) is 27.7 Å². The molecule has 0 heterocycles. The molecule has 1 atom stereocenters. The topological polar surface area (TPSA) is 123 Å². The normalized spacial score (nSPS) is 17.9. The first-order valence-corrected chi connectivity index (χ1v) is 5.48. The molecule has 0 spiro atoms. The molecule has 0 aromatic carbocycles. The molecule has 0 rings (SSSR count). The van der Waals surface area contributed by atoms with Gasteiger partial charge in [-0.15, -0.1) is 0 Å². The van der Waals surface area contributed by atoms with Crippen molar-refractivity contribution in [2.75, 3.05) is 0 Å². The Morgan fingerprint density at radius 2 is 1.57 bits per heavy atom. The lowest BCUT2D eigenvalue weighted by Crippen LogP contribution is -2.40. The van der Waals surface area contributed by atoms with Crippen LogP contribution < -0.4 is 17.5 Å². The van der Waals surface area contributed by atoms with Gasteiger partial charge in [0.1, 0.15) is 5.72 Å². The van der Waals surface area contributed by atoms with Crippen LogP contribution in [0.15, 0.2) is 0 Å². The van der Waals surface area contributed by atoms with Gasteiger partial charge >= 0.3 is 7.60 Å². The Hall–Kier alpha value is -0.0100. The molecule has 7 nitrogen and oxygen atoms in total. The van der Waals surface area contributed by atoms with Crippen molar-refractivity contribution in [3.8, 4) is 0 Å². The Balaban J connectivity index is 4.92. The number of nitrogens with two attached hydrogens (primary N) is 3. The average Bonchev–Trinajstić information content (AvgIpc) is 2.01.